The van der Waals surface area contributed by atoms with E-state index in [0.717, 1.165) is 12.1 Å². The third-order valence-corrected chi connectivity index (χ3v) is 6.99. The number of likely N-dealkylation sites (tertiary alicyclic amines) is 1. The van der Waals surface area contributed by atoms with E-state index in [1.165, 1.54) is 6.07 Å². The Morgan fingerprint density at radius 3 is 2.56 bits per heavy atom. The average molecular weight is 534 g/mol. The number of carbonyl (C=O) groups excluding carboxylic acids is 1. The molecule has 3 heterocycles. The molecular weight excluding hydrogens is 514 g/mol. The van der Waals surface area contributed by atoms with Crippen molar-refractivity contribution in [2.45, 2.75) is 28.8 Å². The van der Waals surface area contributed by atoms with Gasteiger partial charge in [0.05, 0.1) is 0 Å². The average Bonchev–Trinajstić information content (AvgIpc) is 2.73. The zero-order valence-electron chi connectivity index (χ0n) is 16.7. The number of carbonyl (C=O) groups is 1. The number of pyridine rings is 1. The highest BCUT2D eigenvalue weighted by molar-refractivity contribution is 7.80. The first-order valence-electron chi connectivity index (χ1n) is 10.00. The Labute approximate surface area is 210 Å². The summed E-state index contributed by atoms with van der Waals surface area (Å²) in [6.07, 6.45) is -0.0785. The summed E-state index contributed by atoms with van der Waals surface area (Å²) in [7, 11) is 0. The molecule has 6 nitrogen and oxygen atoms in total. The lowest BCUT2D eigenvalue weighted by Crippen LogP contribution is -2.60. The van der Waals surface area contributed by atoms with E-state index in [9.17, 15) is 9.59 Å². The second-order valence-corrected chi connectivity index (χ2v) is 11.2. The minimum absolute atomic E-state index is 0.0198. The van der Waals surface area contributed by atoms with Crippen molar-refractivity contribution in [3.63, 3.8) is 0 Å². The summed E-state index contributed by atoms with van der Waals surface area (Å²) in [5.74, 6) is -0.0141. The van der Waals surface area contributed by atoms with Crippen molar-refractivity contribution in [3.8, 4) is 0 Å². The summed E-state index contributed by atoms with van der Waals surface area (Å²) < 4.78 is -0.00809. The minimum Gasteiger partial charge on any atom is -0.348 e. The highest BCUT2D eigenvalue weighted by Crippen LogP contribution is 2.35. The zero-order valence-corrected chi connectivity index (χ0v) is 20.6. The quantitative estimate of drug-likeness (QED) is 0.355. The Morgan fingerprint density at radius 2 is 1.84 bits per heavy atom. The van der Waals surface area contributed by atoms with Crippen LogP contribution in [0, 0.1) is 5.92 Å². The van der Waals surface area contributed by atoms with E-state index in [-0.39, 0.29) is 17.4 Å². The van der Waals surface area contributed by atoms with Crippen molar-refractivity contribution in [3.05, 3.63) is 69.1 Å². The van der Waals surface area contributed by atoms with Crippen molar-refractivity contribution < 1.29 is 4.79 Å². The number of benzene rings is 1. The number of piperidine rings is 1. The fourth-order valence-electron chi connectivity index (χ4n) is 4.32. The van der Waals surface area contributed by atoms with E-state index in [1.54, 1.807) is 30.3 Å². The molecule has 2 bridgehead atoms. The van der Waals surface area contributed by atoms with Gasteiger partial charge >= 0.3 is 0 Å². The summed E-state index contributed by atoms with van der Waals surface area (Å²) in [6.45, 7) is 1.93. The summed E-state index contributed by atoms with van der Waals surface area (Å²) in [5, 5.41) is 6.47. The topological polar surface area (TPSA) is 66.4 Å². The van der Waals surface area contributed by atoms with Crippen LogP contribution >= 0.6 is 58.6 Å². The number of fused-ring (bicyclic) bond motifs is 4. The summed E-state index contributed by atoms with van der Waals surface area (Å²) in [4.78, 5) is 26.9. The third-order valence-electron chi connectivity index (χ3n) is 5.72. The first-order chi connectivity index (χ1) is 15.1. The lowest BCUT2D eigenvalue weighted by atomic mass is 9.83. The monoisotopic (exact) mass is 532 g/mol. The Bertz CT molecular complexity index is 1100. The number of hydrogen-bond donors (Lipinski definition) is 2. The van der Waals surface area contributed by atoms with Crippen LogP contribution in [-0.2, 0) is 6.54 Å². The van der Waals surface area contributed by atoms with Crippen molar-refractivity contribution in [2.75, 3.05) is 13.1 Å². The van der Waals surface area contributed by atoms with Gasteiger partial charge < -0.3 is 20.1 Å². The molecule has 32 heavy (non-hydrogen) atoms. The number of nitrogens with one attached hydrogen (secondary N) is 2. The molecule has 1 aromatic carbocycles. The molecule has 3 unspecified atom stereocenters. The molecule has 2 aliphatic rings. The molecule has 0 radical (unpaired) electrons. The molecule has 1 aromatic heterocycles. The second kappa shape index (κ2) is 9.39. The molecule has 4 rings (SSSR count). The van der Waals surface area contributed by atoms with E-state index in [4.69, 9.17) is 58.6 Å². The number of alkyl halides is 3. The fraction of sp³-hybridized carbons (Fsp3) is 0.381. The normalized spacial score (nSPS) is 20.8. The van der Waals surface area contributed by atoms with Gasteiger partial charge in [-0.1, -0.05) is 58.5 Å². The number of amides is 1. The van der Waals surface area contributed by atoms with Crippen molar-refractivity contribution in [2.24, 2.45) is 5.92 Å². The molecule has 0 saturated carbocycles. The number of hydrogen-bond acceptors (Lipinski definition) is 3. The molecule has 0 spiro atoms. The largest absolute Gasteiger partial charge is 0.348 e. The number of nitrogens with zero attached hydrogens (tertiary/aromatic N) is 2. The van der Waals surface area contributed by atoms with Crippen LogP contribution < -0.4 is 16.2 Å². The van der Waals surface area contributed by atoms with Crippen LogP contribution in [0.1, 0.15) is 28.4 Å². The number of halogens is 4. The van der Waals surface area contributed by atoms with Crippen LogP contribution in [-0.4, -0.2) is 43.5 Å². The maximum absolute atomic E-state index is 12.7. The molecule has 1 saturated heterocycles. The van der Waals surface area contributed by atoms with Gasteiger partial charge in [-0.15, -0.1) is 0 Å². The van der Waals surface area contributed by atoms with Crippen LogP contribution in [0.15, 0.2) is 47.3 Å². The maximum atomic E-state index is 12.7. The van der Waals surface area contributed by atoms with Gasteiger partial charge in [-0.3, -0.25) is 9.59 Å². The maximum Gasteiger partial charge on any atom is 0.253 e. The Hall–Kier alpha value is -1.51. The molecule has 1 amide bonds. The minimum atomic E-state index is -1.86. The van der Waals surface area contributed by atoms with Gasteiger partial charge in [0.15, 0.2) is 5.11 Å². The summed E-state index contributed by atoms with van der Waals surface area (Å²) in [6, 6.07) is 11.8. The molecule has 2 N–H and O–H groups in total. The second-order valence-electron chi connectivity index (χ2n) is 8.01. The lowest BCUT2D eigenvalue weighted by Gasteiger charge is -2.44. The van der Waals surface area contributed by atoms with Gasteiger partial charge in [-0.05, 0) is 48.8 Å². The number of rotatable bonds is 3. The van der Waals surface area contributed by atoms with Gasteiger partial charge in [0.1, 0.15) is 6.17 Å². The highest BCUT2D eigenvalue weighted by Gasteiger charge is 2.39. The van der Waals surface area contributed by atoms with E-state index in [2.05, 4.69) is 10.6 Å². The number of aromatic nitrogens is 1. The number of thiocarbonyl (C=S) groups is 1. The lowest BCUT2D eigenvalue weighted by molar-refractivity contribution is 0.0932. The molecule has 0 aliphatic carbocycles. The van der Waals surface area contributed by atoms with Crippen LogP contribution in [0.3, 0.4) is 0 Å². The molecule has 2 aliphatic heterocycles. The predicted molar refractivity (Wildman–Crippen MR) is 132 cm³/mol. The molecular formula is C21H20Cl4N4O2S. The molecule has 2 aromatic rings. The van der Waals surface area contributed by atoms with Gasteiger partial charge in [-0.25, -0.2) is 0 Å². The van der Waals surface area contributed by atoms with Crippen LogP contribution in [0.4, 0.5) is 0 Å². The first kappa shape index (κ1) is 23.6. The first-order valence-corrected chi connectivity index (χ1v) is 11.9. The summed E-state index contributed by atoms with van der Waals surface area (Å²) in [5.41, 5.74) is 1.36. The molecule has 3 atom stereocenters. The van der Waals surface area contributed by atoms with Crippen molar-refractivity contribution in [1.29, 1.82) is 0 Å². The van der Waals surface area contributed by atoms with Gasteiger partial charge in [0, 0.05) is 47.9 Å². The van der Waals surface area contributed by atoms with E-state index in [1.807, 2.05) is 15.5 Å². The standard InChI is InChI=1S/C21H20Cl4N4O2S/c22-15-4-1-3-13(8-15)18(31)26-19(21(23,24)25)27-20(32)28-9-12-7-14(11-28)16-5-2-6-17(30)29(16)10-12/h1-6,8,12,14,19H,7,9-11H2,(H,26,31)(H,27,32). The Morgan fingerprint density at radius 1 is 1.09 bits per heavy atom. The SMILES string of the molecule is O=C(NC(NC(=S)N1CC2CC(C1)c1cccc(=O)n1C2)C(Cl)(Cl)Cl)c1cccc(Cl)c1. The van der Waals surface area contributed by atoms with Crippen LogP contribution in [0.2, 0.25) is 5.02 Å². The Kier molecular flexibility index (Phi) is 6.94. The van der Waals surface area contributed by atoms with Crippen LogP contribution in [0.25, 0.3) is 0 Å². The molecule has 170 valence electrons. The van der Waals surface area contributed by atoms with E-state index >= 15 is 0 Å². The third kappa shape index (κ3) is 5.18. The van der Waals surface area contributed by atoms with Gasteiger partial charge in [-0.2, -0.15) is 0 Å². The molecule has 1 fully saturated rings. The zero-order chi connectivity index (χ0) is 23.0. The van der Waals surface area contributed by atoms with E-state index in [0.29, 0.717) is 35.3 Å². The summed E-state index contributed by atoms with van der Waals surface area (Å²) >= 11 is 30.0. The predicted octanol–water partition coefficient (Wildman–Crippen LogP) is 3.92. The smallest absolute Gasteiger partial charge is 0.253 e. The molecule has 11 heteroatoms. The van der Waals surface area contributed by atoms with Crippen molar-refractivity contribution >= 4 is 69.6 Å². The van der Waals surface area contributed by atoms with Gasteiger partial charge in [0.25, 0.3) is 11.5 Å². The van der Waals surface area contributed by atoms with Gasteiger partial charge in [0.2, 0.25) is 3.79 Å². The Balaban J connectivity index is 1.47. The highest BCUT2D eigenvalue weighted by atomic mass is 35.6. The van der Waals surface area contributed by atoms with Crippen molar-refractivity contribution in [1.82, 2.24) is 20.1 Å². The fourth-order valence-corrected chi connectivity index (χ4v) is 5.11. The van der Waals surface area contributed by atoms with Crippen LogP contribution in [0.5, 0.6) is 0 Å². The van der Waals surface area contributed by atoms with E-state index < -0.39 is 15.9 Å².